The maximum absolute atomic E-state index is 8.18. The van der Waals surface area contributed by atoms with Crippen molar-refractivity contribution < 1.29 is 4.74 Å². The predicted molar refractivity (Wildman–Crippen MR) is 115 cm³/mol. The standard InChI is InChI=1S/C18H24N4OS.2ClH/c1-21-7-9-22(10-8-21)13-14-12-15(5-6-16(14)23-2)20-18(19)17-4-3-11-24-17;;/h3-6,11-12H,7-10,13H2,1-2H3,(H2,19,20);2*1H. The minimum atomic E-state index is 0. The van der Waals surface area contributed by atoms with Crippen LogP contribution in [0.25, 0.3) is 0 Å². The number of likely N-dealkylation sites (N-methyl/N-ethyl adjacent to an activating group) is 1. The molecule has 0 amide bonds. The summed E-state index contributed by atoms with van der Waals surface area (Å²) in [6.45, 7) is 5.22. The number of rotatable bonds is 5. The van der Waals surface area contributed by atoms with Gasteiger partial charge in [-0.3, -0.25) is 10.3 Å². The van der Waals surface area contributed by atoms with Crippen molar-refractivity contribution >= 4 is 47.7 Å². The number of thiophene rings is 1. The van der Waals surface area contributed by atoms with Crippen LogP contribution in [0.5, 0.6) is 5.75 Å². The third kappa shape index (κ3) is 5.86. The second-order valence-corrected chi connectivity index (χ2v) is 7.03. The van der Waals surface area contributed by atoms with E-state index in [0.717, 1.165) is 54.6 Å². The number of anilines is 1. The minimum Gasteiger partial charge on any atom is -0.496 e. The number of hydrogen-bond donors (Lipinski definition) is 2. The van der Waals surface area contributed by atoms with Crippen molar-refractivity contribution in [3.63, 3.8) is 0 Å². The Morgan fingerprint density at radius 1 is 1.19 bits per heavy atom. The third-order valence-corrected chi connectivity index (χ3v) is 5.19. The Balaban J connectivity index is 0.00000169. The van der Waals surface area contributed by atoms with Gasteiger partial charge in [-0.1, -0.05) is 6.07 Å². The third-order valence-electron chi connectivity index (χ3n) is 4.31. The first-order chi connectivity index (χ1) is 11.7. The van der Waals surface area contributed by atoms with Crippen LogP contribution in [0.15, 0.2) is 35.7 Å². The van der Waals surface area contributed by atoms with Gasteiger partial charge in [0.25, 0.3) is 0 Å². The van der Waals surface area contributed by atoms with Crippen molar-refractivity contribution in [2.75, 3.05) is 45.7 Å². The first-order valence-electron chi connectivity index (χ1n) is 8.13. The minimum absolute atomic E-state index is 0. The van der Waals surface area contributed by atoms with Gasteiger partial charge in [-0.25, -0.2) is 0 Å². The fraction of sp³-hybridized carbons (Fsp3) is 0.389. The molecule has 144 valence electrons. The highest BCUT2D eigenvalue weighted by Crippen LogP contribution is 2.25. The molecule has 1 fully saturated rings. The molecule has 0 spiro atoms. The Morgan fingerprint density at radius 2 is 1.92 bits per heavy atom. The second kappa shape index (κ2) is 10.7. The summed E-state index contributed by atoms with van der Waals surface area (Å²) in [4.78, 5) is 5.74. The number of methoxy groups -OCH3 is 1. The van der Waals surface area contributed by atoms with Crippen molar-refractivity contribution in [2.45, 2.75) is 6.54 Å². The summed E-state index contributed by atoms with van der Waals surface area (Å²) in [6.07, 6.45) is 0. The van der Waals surface area contributed by atoms with Crippen LogP contribution in [0.2, 0.25) is 0 Å². The van der Waals surface area contributed by atoms with Crippen molar-refractivity contribution in [3.8, 4) is 5.75 Å². The van der Waals surface area contributed by atoms with E-state index in [4.69, 9.17) is 10.1 Å². The lowest BCUT2D eigenvalue weighted by atomic mass is 10.1. The van der Waals surface area contributed by atoms with Crippen LogP contribution in [0.1, 0.15) is 10.4 Å². The summed E-state index contributed by atoms with van der Waals surface area (Å²) in [5.74, 6) is 1.34. The van der Waals surface area contributed by atoms with Gasteiger partial charge in [0.15, 0.2) is 0 Å². The average molecular weight is 417 g/mol. The van der Waals surface area contributed by atoms with E-state index in [1.54, 1.807) is 18.4 Å². The number of benzene rings is 1. The van der Waals surface area contributed by atoms with Crippen LogP contribution in [0.4, 0.5) is 5.69 Å². The summed E-state index contributed by atoms with van der Waals surface area (Å²) in [6, 6.07) is 9.96. The van der Waals surface area contributed by atoms with E-state index in [1.165, 1.54) is 0 Å². The molecular formula is C18H26Cl2N4OS. The number of halogens is 2. The van der Waals surface area contributed by atoms with Gasteiger partial charge >= 0.3 is 0 Å². The van der Waals surface area contributed by atoms with Gasteiger partial charge in [0.2, 0.25) is 0 Å². The average Bonchev–Trinajstić information content (AvgIpc) is 3.12. The number of amidine groups is 1. The van der Waals surface area contributed by atoms with E-state index < -0.39 is 0 Å². The van der Waals surface area contributed by atoms with E-state index in [9.17, 15) is 0 Å². The molecule has 5 nitrogen and oxygen atoms in total. The number of ether oxygens (including phenoxy) is 1. The fourth-order valence-corrected chi connectivity index (χ4v) is 3.48. The SMILES string of the molecule is COc1ccc(NC(=N)c2cccs2)cc1CN1CCN(C)CC1.Cl.Cl. The molecule has 3 rings (SSSR count). The largest absolute Gasteiger partial charge is 0.496 e. The molecule has 0 unspecified atom stereocenters. The van der Waals surface area contributed by atoms with Crippen LogP contribution in [0.3, 0.4) is 0 Å². The molecule has 1 aliphatic rings. The number of piperazine rings is 1. The molecule has 1 aromatic carbocycles. The smallest absolute Gasteiger partial charge is 0.140 e. The summed E-state index contributed by atoms with van der Waals surface area (Å²) < 4.78 is 5.52. The van der Waals surface area contributed by atoms with Gasteiger partial charge in [-0.2, -0.15) is 0 Å². The Labute approximate surface area is 171 Å². The lowest BCUT2D eigenvalue weighted by Crippen LogP contribution is -2.43. The number of nitrogens with one attached hydrogen (secondary N) is 2. The van der Waals surface area contributed by atoms with E-state index >= 15 is 0 Å². The first-order valence-corrected chi connectivity index (χ1v) is 9.01. The van der Waals surface area contributed by atoms with Gasteiger partial charge < -0.3 is 15.0 Å². The zero-order valence-corrected chi connectivity index (χ0v) is 17.5. The molecule has 2 N–H and O–H groups in total. The Kier molecular flexibility index (Phi) is 9.39. The summed E-state index contributed by atoms with van der Waals surface area (Å²) in [5.41, 5.74) is 2.09. The summed E-state index contributed by atoms with van der Waals surface area (Å²) >= 11 is 1.57. The van der Waals surface area contributed by atoms with Gasteiger partial charge in [-0.05, 0) is 36.7 Å². The van der Waals surface area contributed by atoms with Gasteiger partial charge in [-0.15, -0.1) is 36.2 Å². The van der Waals surface area contributed by atoms with E-state index in [1.807, 2.05) is 29.6 Å². The molecule has 0 saturated carbocycles. The quantitative estimate of drug-likeness (QED) is 0.574. The molecule has 0 bridgehead atoms. The molecule has 1 aromatic heterocycles. The molecule has 2 aromatic rings. The molecule has 0 atom stereocenters. The Morgan fingerprint density at radius 3 is 2.54 bits per heavy atom. The maximum atomic E-state index is 8.18. The second-order valence-electron chi connectivity index (χ2n) is 6.08. The van der Waals surface area contributed by atoms with E-state index in [2.05, 4.69) is 28.2 Å². The van der Waals surface area contributed by atoms with Crippen LogP contribution >= 0.6 is 36.2 Å². The topological polar surface area (TPSA) is 51.6 Å². The predicted octanol–water partition coefficient (Wildman–Crippen LogP) is 3.79. The number of nitrogens with zero attached hydrogens (tertiary/aromatic N) is 2. The molecule has 26 heavy (non-hydrogen) atoms. The highest BCUT2D eigenvalue weighted by molar-refractivity contribution is 7.12. The molecule has 8 heteroatoms. The Hall–Kier alpha value is -1.31. The molecule has 0 radical (unpaired) electrons. The monoisotopic (exact) mass is 416 g/mol. The van der Waals surface area contributed by atoms with Crippen molar-refractivity contribution in [2.24, 2.45) is 0 Å². The van der Waals surface area contributed by atoms with Crippen molar-refractivity contribution in [3.05, 3.63) is 46.2 Å². The molecular weight excluding hydrogens is 391 g/mol. The maximum Gasteiger partial charge on any atom is 0.140 e. The van der Waals surface area contributed by atoms with Crippen LogP contribution in [-0.2, 0) is 6.54 Å². The van der Waals surface area contributed by atoms with E-state index in [-0.39, 0.29) is 24.8 Å². The zero-order chi connectivity index (χ0) is 16.9. The lowest BCUT2D eigenvalue weighted by Gasteiger charge is -2.32. The normalized spacial score (nSPS) is 14.8. The van der Waals surface area contributed by atoms with Crippen LogP contribution in [-0.4, -0.2) is 56.0 Å². The number of hydrogen-bond acceptors (Lipinski definition) is 5. The van der Waals surface area contributed by atoms with Crippen molar-refractivity contribution in [1.29, 1.82) is 5.41 Å². The molecule has 1 aliphatic heterocycles. The van der Waals surface area contributed by atoms with Gasteiger partial charge in [0.05, 0.1) is 12.0 Å². The van der Waals surface area contributed by atoms with Crippen LogP contribution < -0.4 is 10.1 Å². The summed E-state index contributed by atoms with van der Waals surface area (Å²) in [7, 11) is 3.88. The molecule has 2 heterocycles. The fourth-order valence-electron chi connectivity index (χ4n) is 2.85. The highest BCUT2D eigenvalue weighted by Gasteiger charge is 2.16. The van der Waals surface area contributed by atoms with Gasteiger partial charge in [0.1, 0.15) is 11.6 Å². The van der Waals surface area contributed by atoms with E-state index in [0.29, 0.717) is 5.84 Å². The Bertz CT molecular complexity index is 689. The molecule has 0 aliphatic carbocycles. The van der Waals surface area contributed by atoms with Crippen molar-refractivity contribution in [1.82, 2.24) is 9.80 Å². The van der Waals surface area contributed by atoms with Gasteiger partial charge in [0, 0.05) is 44.0 Å². The lowest BCUT2D eigenvalue weighted by molar-refractivity contribution is 0.147. The zero-order valence-electron chi connectivity index (χ0n) is 15.0. The first kappa shape index (κ1) is 22.7. The summed E-state index contributed by atoms with van der Waals surface area (Å²) in [5, 5.41) is 13.4. The highest BCUT2D eigenvalue weighted by atomic mass is 35.5. The molecule has 1 saturated heterocycles. The van der Waals surface area contributed by atoms with Crippen LogP contribution in [0, 0.1) is 5.41 Å².